The Balaban J connectivity index is 2.24. The number of anilines is 1. The first-order valence-electron chi connectivity index (χ1n) is 6.38. The molecule has 20 heavy (non-hydrogen) atoms. The first-order valence-corrected chi connectivity index (χ1v) is 6.76. The highest BCUT2D eigenvalue weighted by atomic mass is 35.5. The molecule has 1 aliphatic carbocycles. The third kappa shape index (κ3) is 2.76. The number of hydrogen-bond donors (Lipinski definition) is 2. The van der Waals surface area contributed by atoms with Gasteiger partial charge in [0.2, 0.25) is 5.91 Å². The van der Waals surface area contributed by atoms with Crippen LogP contribution in [0.2, 0.25) is 5.02 Å². The van der Waals surface area contributed by atoms with Gasteiger partial charge in [-0.15, -0.1) is 0 Å². The van der Waals surface area contributed by atoms with Crippen molar-refractivity contribution < 1.29 is 9.72 Å². The normalized spacial score (nSPS) is 16.9. The van der Waals surface area contributed by atoms with Crippen molar-refractivity contribution in [3.05, 3.63) is 32.8 Å². The second kappa shape index (κ2) is 5.38. The number of hydrogen-bond acceptors (Lipinski definition) is 4. The highest BCUT2D eigenvalue weighted by Gasteiger charge is 2.37. The molecule has 108 valence electrons. The Kier molecular flexibility index (Phi) is 3.96. The quantitative estimate of drug-likeness (QED) is 0.662. The van der Waals surface area contributed by atoms with Crippen molar-refractivity contribution >= 4 is 28.9 Å². The first kappa shape index (κ1) is 14.7. The zero-order valence-electron chi connectivity index (χ0n) is 11.1. The van der Waals surface area contributed by atoms with Crippen LogP contribution in [0.15, 0.2) is 12.1 Å². The maximum Gasteiger partial charge on any atom is 0.288 e. The molecule has 6 nitrogen and oxygen atoms in total. The van der Waals surface area contributed by atoms with Crippen LogP contribution in [0.1, 0.15) is 31.2 Å². The van der Waals surface area contributed by atoms with Crippen molar-refractivity contribution in [3.8, 4) is 0 Å². The van der Waals surface area contributed by atoms with E-state index < -0.39 is 10.5 Å². The maximum atomic E-state index is 12.2. The van der Waals surface area contributed by atoms with Gasteiger partial charge in [-0.2, -0.15) is 0 Å². The van der Waals surface area contributed by atoms with Gasteiger partial charge in [-0.1, -0.05) is 24.4 Å². The number of nitrogens with two attached hydrogens (primary N) is 1. The molecule has 2 rings (SSSR count). The molecular weight excluding hydrogens is 282 g/mol. The minimum atomic E-state index is -0.847. The van der Waals surface area contributed by atoms with Gasteiger partial charge in [0.25, 0.3) is 5.69 Å². The van der Waals surface area contributed by atoms with E-state index in [-0.39, 0.29) is 16.6 Å². The number of amides is 1. The molecule has 1 saturated carbocycles. The monoisotopic (exact) mass is 297 g/mol. The highest BCUT2D eigenvalue weighted by Crippen LogP contribution is 2.32. The van der Waals surface area contributed by atoms with Gasteiger partial charge in [0.05, 0.1) is 10.5 Å². The molecule has 0 radical (unpaired) electrons. The summed E-state index contributed by atoms with van der Waals surface area (Å²) >= 11 is 5.85. The van der Waals surface area contributed by atoms with Crippen LogP contribution in [0.25, 0.3) is 0 Å². The van der Waals surface area contributed by atoms with E-state index in [1.54, 1.807) is 6.92 Å². The third-order valence-corrected chi connectivity index (χ3v) is 3.99. The molecule has 7 heteroatoms. The van der Waals surface area contributed by atoms with Crippen molar-refractivity contribution in [1.29, 1.82) is 0 Å². The molecule has 1 fully saturated rings. The van der Waals surface area contributed by atoms with E-state index >= 15 is 0 Å². The average Bonchev–Trinajstić information content (AvgIpc) is 2.81. The average molecular weight is 298 g/mol. The number of carbonyl (C=O) groups excluding carboxylic acids is 1. The lowest BCUT2D eigenvalue weighted by atomic mass is 9.98. The summed E-state index contributed by atoms with van der Waals surface area (Å²) in [6.45, 7) is 1.68. The summed E-state index contributed by atoms with van der Waals surface area (Å²) in [4.78, 5) is 22.4. The predicted octanol–water partition coefficient (Wildman–Crippen LogP) is 2.77. The van der Waals surface area contributed by atoms with E-state index in [2.05, 4.69) is 5.32 Å². The number of nitro benzene ring substituents is 1. The summed E-state index contributed by atoms with van der Waals surface area (Å²) in [5, 5.41) is 13.5. The fraction of sp³-hybridized carbons (Fsp3) is 0.462. The Morgan fingerprint density at radius 1 is 1.45 bits per heavy atom. The van der Waals surface area contributed by atoms with Gasteiger partial charge >= 0.3 is 0 Å². The van der Waals surface area contributed by atoms with Gasteiger partial charge in [0, 0.05) is 11.8 Å². The molecule has 0 aliphatic heterocycles. The molecule has 0 saturated heterocycles. The molecule has 0 bridgehead atoms. The number of nitrogens with zero attached hydrogens (tertiary/aromatic N) is 1. The van der Waals surface area contributed by atoms with E-state index in [4.69, 9.17) is 17.3 Å². The minimum Gasteiger partial charge on any atom is -0.324 e. The lowest BCUT2D eigenvalue weighted by Gasteiger charge is -2.22. The van der Waals surface area contributed by atoms with Gasteiger partial charge in [0.1, 0.15) is 5.02 Å². The predicted molar refractivity (Wildman–Crippen MR) is 76.9 cm³/mol. The van der Waals surface area contributed by atoms with E-state index in [0.29, 0.717) is 24.1 Å². The number of benzene rings is 1. The third-order valence-electron chi connectivity index (χ3n) is 3.69. The summed E-state index contributed by atoms with van der Waals surface area (Å²) in [5.41, 5.74) is 6.08. The topological polar surface area (TPSA) is 98.3 Å². The molecule has 0 aromatic heterocycles. The van der Waals surface area contributed by atoms with Crippen LogP contribution in [0.4, 0.5) is 11.4 Å². The van der Waals surface area contributed by atoms with Gasteiger partial charge in [-0.3, -0.25) is 14.9 Å². The zero-order chi connectivity index (χ0) is 14.9. The highest BCUT2D eigenvalue weighted by molar-refractivity contribution is 6.33. The maximum absolute atomic E-state index is 12.2. The van der Waals surface area contributed by atoms with Crippen molar-refractivity contribution in [2.75, 3.05) is 5.32 Å². The van der Waals surface area contributed by atoms with E-state index in [1.165, 1.54) is 12.1 Å². The lowest BCUT2D eigenvalue weighted by molar-refractivity contribution is -0.384. The molecular formula is C13H16ClN3O3. The second-order valence-corrected chi connectivity index (χ2v) is 5.60. The molecule has 1 aromatic carbocycles. The molecule has 1 aliphatic rings. The van der Waals surface area contributed by atoms with Crippen LogP contribution < -0.4 is 11.1 Å². The second-order valence-electron chi connectivity index (χ2n) is 5.19. The largest absolute Gasteiger partial charge is 0.324 e. The van der Waals surface area contributed by atoms with Gasteiger partial charge in [-0.05, 0) is 31.4 Å². The van der Waals surface area contributed by atoms with Crippen LogP contribution in [0.5, 0.6) is 0 Å². The minimum absolute atomic E-state index is 0.00612. The van der Waals surface area contributed by atoms with Gasteiger partial charge < -0.3 is 11.1 Å². The van der Waals surface area contributed by atoms with Gasteiger partial charge in [0.15, 0.2) is 0 Å². The summed E-state index contributed by atoms with van der Waals surface area (Å²) < 4.78 is 0. The molecule has 3 N–H and O–H groups in total. The Bertz CT molecular complexity index is 568. The van der Waals surface area contributed by atoms with Crippen molar-refractivity contribution in [2.45, 2.75) is 38.1 Å². The Morgan fingerprint density at radius 2 is 2.05 bits per heavy atom. The zero-order valence-corrected chi connectivity index (χ0v) is 11.9. The summed E-state index contributed by atoms with van der Waals surface area (Å²) in [6.07, 6.45) is 3.17. The number of aryl methyl sites for hydroxylation is 1. The SMILES string of the molecule is Cc1cc([N+](=O)[O-])c(Cl)cc1NC(=O)C1(N)CCCC1. The first-order chi connectivity index (χ1) is 9.33. The van der Waals surface area contributed by atoms with Gasteiger partial charge in [-0.25, -0.2) is 0 Å². The van der Waals surface area contributed by atoms with Crippen molar-refractivity contribution in [3.63, 3.8) is 0 Å². The van der Waals surface area contributed by atoms with Crippen LogP contribution in [-0.2, 0) is 4.79 Å². The Labute approximate surface area is 121 Å². The van der Waals surface area contributed by atoms with Crippen LogP contribution in [-0.4, -0.2) is 16.4 Å². The Morgan fingerprint density at radius 3 is 2.60 bits per heavy atom. The summed E-state index contributed by atoms with van der Waals surface area (Å²) in [6, 6.07) is 2.74. The van der Waals surface area contributed by atoms with Crippen molar-refractivity contribution in [2.24, 2.45) is 5.73 Å². The number of carbonyl (C=O) groups is 1. The Hall–Kier alpha value is -1.66. The van der Waals surface area contributed by atoms with E-state index in [0.717, 1.165) is 12.8 Å². The standard InChI is InChI=1S/C13H16ClN3O3/c1-8-6-11(17(19)20)9(14)7-10(8)16-12(18)13(15)4-2-3-5-13/h6-7H,2-5,15H2,1H3,(H,16,18). The molecule has 0 unspecified atom stereocenters. The number of rotatable bonds is 3. The smallest absolute Gasteiger partial charge is 0.288 e. The number of nitro groups is 1. The molecule has 0 atom stereocenters. The van der Waals surface area contributed by atoms with Crippen molar-refractivity contribution in [1.82, 2.24) is 0 Å². The summed E-state index contributed by atoms with van der Waals surface area (Å²) in [5.74, 6) is -0.261. The molecule has 0 spiro atoms. The van der Waals surface area contributed by atoms with Crippen LogP contribution in [0, 0.1) is 17.0 Å². The molecule has 1 aromatic rings. The number of nitrogens with one attached hydrogen (secondary N) is 1. The van der Waals surface area contributed by atoms with E-state index in [9.17, 15) is 14.9 Å². The fourth-order valence-electron chi connectivity index (χ4n) is 2.42. The molecule has 0 heterocycles. The van der Waals surface area contributed by atoms with E-state index in [1.807, 2.05) is 0 Å². The summed E-state index contributed by atoms with van der Waals surface area (Å²) in [7, 11) is 0. The lowest BCUT2D eigenvalue weighted by Crippen LogP contribution is -2.48. The van der Waals surface area contributed by atoms with Crippen LogP contribution in [0.3, 0.4) is 0 Å². The van der Waals surface area contributed by atoms with Crippen LogP contribution >= 0.6 is 11.6 Å². The number of halogens is 1. The fourth-order valence-corrected chi connectivity index (χ4v) is 2.65. The molecule has 1 amide bonds.